The maximum Gasteiger partial charge on any atom is 0.276 e. The van der Waals surface area contributed by atoms with Crippen LogP contribution < -0.4 is 16.4 Å². The smallest absolute Gasteiger partial charge is 0.276 e. The first-order valence-corrected chi connectivity index (χ1v) is 8.56. The molecule has 1 aromatic carbocycles. The molecule has 2 aromatic heterocycles. The minimum Gasteiger partial charge on any atom is -0.463 e. The number of nitrogens with one attached hydrogen (secondary N) is 2. The van der Waals surface area contributed by atoms with Gasteiger partial charge in [0, 0.05) is 30.9 Å². The average Bonchev–Trinajstić information content (AvgIpc) is 3.32. The number of hydrogen-bond donors (Lipinski definition) is 3. The molecule has 8 heteroatoms. The van der Waals surface area contributed by atoms with Crippen molar-refractivity contribution in [3.8, 4) is 11.5 Å². The minimum atomic E-state index is -0.344. The zero-order valence-corrected chi connectivity index (χ0v) is 14.9. The number of aromatic nitrogens is 2. The van der Waals surface area contributed by atoms with Crippen LogP contribution in [0.3, 0.4) is 0 Å². The molecule has 0 atom stereocenters. The molecule has 0 saturated carbocycles. The van der Waals surface area contributed by atoms with Gasteiger partial charge in [-0.15, -0.1) is 0 Å². The Bertz CT molecular complexity index is 913. The predicted molar refractivity (Wildman–Crippen MR) is 101 cm³/mol. The van der Waals surface area contributed by atoms with Crippen molar-refractivity contribution in [1.82, 2.24) is 15.1 Å². The summed E-state index contributed by atoms with van der Waals surface area (Å²) in [5.74, 6) is 0.117. The van der Waals surface area contributed by atoms with Gasteiger partial charge in [0.05, 0.1) is 6.26 Å². The van der Waals surface area contributed by atoms with Crippen molar-refractivity contribution in [1.29, 1.82) is 0 Å². The van der Waals surface area contributed by atoms with E-state index in [1.165, 1.54) is 0 Å². The first kappa shape index (κ1) is 18.4. The lowest BCUT2D eigenvalue weighted by Crippen LogP contribution is -2.25. The van der Waals surface area contributed by atoms with Gasteiger partial charge in [0.15, 0.2) is 11.5 Å². The third-order valence-electron chi connectivity index (χ3n) is 3.96. The van der Waals surface area contributed by atoms with Gasteiger partial charge in [-0.25, -0.2) is 0 Å². The van der Waals surface area contributed by atoms with Crippen LogP contribution in [0.1, 0.15) is 27.3 Å². The Balaban J connectivity index is 1.64. The molecule has 0 bridgehead atoms. The largest absolute Gasteiger partial charge is 0.463 e. The van der Waals surface area contributed by atoms with E-state index in [2.05, 4.69) is 15.7 Å². The van der Waals surface area contributed by atoms with Crippen molar-refractivity contribution >= 4 is 17.5 Å². The lowest BCUT2D eigenvalue weighted by Gasteiger charge is -2.06. The number of carbonyl (C=O) groups excluding carboxylic acids is 2. The molecule has 3 rings (SSSR count). The standard InChI is InChI=1S/C19H21N5O3/c1-24-16(17-4-2-11-27-17)12-15(23-24)19(26)22-14-7-5-13(6-8-14)18(25)21-10-3-9-20/h2,4-8,11-12H,3,9-10,20H2,1H3,(H,21,25)(H,22,26). The number of anilines is 1. The molecule has 0 aliphatic heterocycles. The van der Waals surface area contributed by atoms with Crippen molar-refractivity contribution in [2.45, 2.75) is 6.42 Å². The highest BCUT2D eigenvalue weighted by Gasteiger charge is 2.15. The topological polar surface area (TPSA) is 115 Å². The second-order valence-electron chi connectivity index (χ2n) is 5.95. The summed E-state index contributed by atoms with van der Waals surface area (Å²) < 4.78 is 6.93. The molecule has 0 radical (unpaired) electrons. The van der Waals surface area contributed by atoms with E-state index in [0.29, 0.717) is 35.8 Å². The fourth-order valence-corrected chi connectivity index (χ4v) is 2.54. The van der Waals surface area contributed by atoms with Gasteiger partial charge in [0.2, 0.25) is 0 Å². The quantitative estimate of drug-likeness (QED) is 0.553. The third-order valence-corrected chi connectivity index (χ3v) is 3.96. The average molecular weight is 367 g/mol. The Morgan fingerprint density at radius 1 is 1.19 bits per heavy atom. The number of nitrogens with two attached hydrogens (primary N) is 1. The fourth-order valence-electron chi connectivity index (χ4n) is 2.54. The summed E-state index contributed by atoms with van der Waals surface area (Å²) in [5, 5.41) is 9.77. The molecule has 4 N–H and O–H groups in total. The molecule has 2 amide bonds. The Hall–Kier alpha value is -3.39. The van der Waals surface area contributed by atoms with Crippen molar-refractivity contribution in [2.24, 2.45) is 12.8 Å². The van der Waals surface area contributed by atoms with Crippen LogP contribution in [-0.2, 0) is 7.05 Å². The molecule has 0 fully saturated rings. The molecule has 0 aliphatic rings. The van der Waals surface area contributed by atoms with Gasteiger partial charge < -0.3 is 20.8 Å². The first-order chi connectivity index (χ1) is 13.1. The van der Waals surface area contributed by atoms with Crippen LogP contribution in [0.4, 0.5) is 5.69 Å². The summed E-state index contributed by atoms with van der Waals surface area (Å²) in [6.07, 6.45) is 2.29. The summed E-state index contributed by atoms with van der Waals surface area (Å²) in [5.41, 5.74) is 7.47. The van der Waals surface area contributed by atoms with Crippen LogP contribution >= 0.6 is 0 Å². The second-order valence-corrected chi connectivity index (χ2v) is 5.95. The van der Waals surface area contributed by atoms with Gasteiger partial charge in [0.25, 0.3) is 11.8 Å². The van der Waals surface area contributed by atoms with E-state index in [1.807, 2.05) is 0 Å². The van der Waals surface area contributed by atoms with Crippen molar-refractivity contribution in [3.05, 3.63) is 60.0 Å². The monoisotopic (exact) mass is 367 g/mol. The molecule has 2 heterocycles. The van der Waals surface area contributed by atoms with E-state index in [4.69, 9.17) is 10.2 Å². The summed E-state index contributed by atoms with van der Waals surface area (Å²) in [4.78, 5) is 24.4. The van der Waals surface area contributed by atoms with Crippen LogP contribution in [-0.4, -0.2) is 34.7 Å². The van der Waals surface area contributed by atoms with Crippen LogP contribution in [0, 0.1) is 0 Å². The summed E-state index contributed by atoms with van der Waals surface area (Å²) in [6.45, 7) is 1.06. The van der Waals surface area contributed by atoms with Gasteiger partial charge in [-0.3, -0.25) is 14.3 Å². The summed E-state index contributed by atoms with van der Waals surface area (Å²) in [7, 11) is 1.74. The third kappa shape index (κ3) is 4.42. The number of aryl methyl sites for hydroxylation is 1. The normalized spacial score (nSPS) is 10.6. The molecule has 0 saturated heterocycles. The fraction of sp³-hybridized carbons (Fsp3) is 0.211. The van der Waals surface area contributed by atoms with E-state index in [9.17, 15) is 9.59 Å². The van der Waals surface area contributed by atoms with Crippen LogP contribution in [0.25, 0.3) is 11.5 Å². The second kappa shape index (κ2) is 8.33. The van der Waals surface area contributed by atoms with Crippen molar-refractivity contribution in [3.63, 3.8) is 0 Å². The lowest BCUT2D eigenvalue weighted by atomic mass is 10.2. The van der Waals surface area contributed by atoms with Crippen molar-refractivity contribution in [2.75, 3.05) is 18.4 Å². The SMILES string of the molecule is Cn1nc(C(=O)Nc2ccc(C(=O)NCCCN)cc2)cc1-c1ccco1. The van der Waals surface area contributed by atoms with Crippen molar-refractivity contribution < 1.29 is 14.0 Å². The molecule has 0 unspecified atom stereocenters. The highest BCUT2D eigenvalue weighted by molar-refractivity contribution is 6.03. The van der Waals surface area contributed by atoms with Gasteiger partial charge in [-0.05, 0) is 49.4 Å². The molecular formula is C19H21N5O3. The molecule has 8 nitrogen and oxygen atoms in total. The Kier molecular flexibility index (Phi) is 5.68. The predicted octanol–water partition coefficient (Wildman–Crippen LogP) is 2.01. The maximum absolute atomic E-state index is 12.4. The van der Waals surface area contributed by atoms with E-state index in [-0.39, 0.29) is 17.5 Å². The maximum atomic E-state index is 12.4. The zero-order valence-electron chi connectivity index (χ0n) is 14.9. The highest BCUT2D eigenvalue weighted by Crippen LogP contribution is 2.20. The number of carbonyl (C=O) groups is 2. The molecular weight excluding hydrogens is 346 g/mol. The minimum absolute atomic E-state index is 0.172. The number of furan rings is 1. The Morgan fingerprint density at radius 2 is 1.96 bits per heavy atom. The van der Waals surface area contributed by atoms with Gasteiger partial charge in [0.1, 0.15) is 5.69 Å². The number of benzene rings is 1. The summed E-state index contributed by atoms with van der Waals surface area (Å²) in [6, 6.07) is 11.9. The molecule has 0 aliphatic carbocycles. The van der Waals surface area contributed by atoms with E-state index in [1.54, 1.807) is 60.5 Å². The van der Waals surface area contributed by atoms with Gasteiger partial charge in [-0.1, -0.05) is 0 Å². The van der Waals surface area contributed by atoms with E-state index >= 15 is 0 Å². The molecule has 3 aromatic rings. The summed E-state index contributed by atoms with van der Waals surface area (Å²) >= 11 is 0. The molecule has 0 spiro atoms. The van der Waals surface area contributed by atoms with Gasteiger partial charge in [-0.2, -0.15) is 5.10 Å². The van der Waals surface area contributed by atoms with E-state index < -0.39 is 0 Å². The number of nitrogens with zero attached hydrogens (tertiary/aromatic N) is 2. The molecule has 27 heavy (non-hydrogen) atoms. The Labute approximate surface area is 156 Å². The molecule has 140 valence electrons. The number of hydrogen-bond acceptors (Lipinski definition) is 5. The highest BCUT2D eigenvalue weighted by atomic mass is 16.3. The van der Waals surface area contributed by atoms with Gasteiger partial charge >= 0.3 is 0 Å². The first-order valence-electron chi connectivity index (χ1n) is 8.56. The number of amides is 2. The van der Waals surface area contributed by atoms with E-state index in [0.717, 1.165) is 6.42 Å². The Morgan fingerprint density at radius 3 is 2.63 bits per heavy atom. The zero-order chi connectivity index (χ0) is 19.2. The van der Waals surface area contributed by atoms with Crippen LogP contribution in [0.2, 0.25) is 0 Å². The number of rotatable bonds is 7. The lowest BCUT2D eigenvalue weighted by molar-refractivity contribution is 0.0953. The van der Waals surface area contributed by atoms with Crippen LogP contribution in [0.15, 0.2) is 53.1 Å². The van der Waals surface area contributed by atoms with Crippen LogP contribution in [0.5, 0.6) is 0 Å².